The molecule has 1 aliphatic rings. The summed E-state index contributed by atoms with van der Waals surface area (Å²) in [7, 11) is -2.92. The van der Waals surface area contributed by atoms with E-state index in [0.29, 0.717) is 18.8 Å². The summed E-state index contributed by atoms with van der Waals surface area (Å²) in [4.78, 5) is 2.35. The first-order chi connectivity index (χ1) is 8.10. The normalized spacial score (nSPS) is 20.2. The van der Waals surface area contributed by atoms with E-state index in [0.717, 1.165) is 39.1 Å². The summed E-state index contributed by atoms with van der Waals surface area (Å²) in [5, 5.41) is 3.30. The van der Waals surface area contributed by atoms with E-state index in [1.165, 1.54) is 0 Å². The van der Waals surface area contributed by atoms with Gasteiger partial charge in [0.1, 0.15) is 0 Å². The van der Waals surface area contributed by atoms with Crippen molar-refractivity contribution in [1.82, 2.24) is 14.5 Å². The third-order valence-electron chi connectivity index (χ3n) is 3.24. The van der Waals surface area contributed by atoms with Crippen molar-refractivity contribution >= 4 is 10.0 Å². The van der Waals surface area contributed by atoms with Gasteiger partial charge in [0, 0.05) is 32.7 Å². The Hall–Kier alpha value is -0.170. The number of rotatable bonds is 8. The van der Waals surface area contributed by atoms with Crippen LogP contribution in [-0.2, 0) is 10.0 Å². The van der Waals surface area contributed by atoms with Crippen LogP contribution in [0.4, 0.5) is 0 Å². The van der Waals surface area contributed by atoms with Crippen LogP contribution in [0.5, 0.6) is 0 Å². The molecule has 0 radical (unpaired) electrons. The average molecular weight is 263 g/mol. The first kappa shape index (κ1) is 14.9. The van der Waals surface area contributed by atoms with E-state index in [4.69, 9.17) is 0 Å². The van der Waals surface area contributed by atoms with Gasteiger partial charge in [-0.2, -0.15) is 0 Å². The smallest absolute Gasteiger partial charge is 0.214 e. The Balaban J connectivity index is 2.08. The largest absolute Gasteiger partial charge is 0.314 e. The Morgan fingerprint density at radius 2 is 1.94 bits per heavy atom. The van der Waals surface area contributed by atoms with E-state index in [2.05, 4.69) is 24.1 Å². The van der Waals surface area contributed by atoms with E-state index in [9.17, 15) is 8.42 Å². The summed E-state index contributed by atoms with van der Waals surface area (Å²) in [6.07, 6.45) is 0.780. The minimum Gasteiger partial charge on any atom is -0.314 e. The second-order valence-electron chi connectivity index (χ2n) is 4.35. The first-order valence-electron chi connectivity index (χ1n) is 6.51. The van der Waals surface area contributed by atoms with Gasteiger partial charge in [0.05, 0.1) is 5.75 Å². The van der Waals surface area contributed by atoms with Crippen molar-refractivity contribution in [1.29, 1.82) is 0 Å². The maximum Gasteiger partial charge on any atom is 0.214 e. The van der Waals surface area contributed by atoms with Crippen LogP contribution < -0.4 is 5.32 Å². The molecule has 0 unspecified atom stereocenters. The Labute approximate surface area is 105 Å². The molecule has 0 aromatic heterocycles. The van der Waals surface area contributed by atoms with E-state index >= 15 is 0 Å². The van der Waals surface area contributed by atoms with Gasteiger partial charge in [-0.05, 0) is 19.5 Å². The van der Waals surface area contributed by atoms with Gasteiger partial charge in [-0.15, -0.1) is 0 Å². The summed E-state index contributed by atoms with van der Waals surface area (Å²) in [6.45, 7) is 10.5. The third kappa shape index (κ3) is 4.91. The summed E-state index contributed by atoms with van der Waals surface area (Å²) >= 11 is 0. The van der Waals surface area contributed by atoms with Crippen molar-refractivity contribution < 1.29 is 8.42 Å². The molecule has 1 aliphatic heterocycles. The molecular formula is C11H25N3O2S. The molecule has 1 fully saturated rings. The van der Waals surface area contributed by atoms with Crippen LogP contribution in [-0.4, -0.2) is 69.2 Å². The molecule has 102 valence electrons. The van der Waals surface area contributed by atoms with Crippen LogP contribution in [0, 0.1) is 0 Å². The number of nitrogens with zero attached hydrogens (tertiary/aromatic N) is 2. The van der Waals surface area contributed by atoms with Gasteiger partial charge < -0.3 is 10.2 Å². The highest BCUT2D eigenvalue weighted by molar-refractivity contribution is 7.89. The fourth-order valence-electron chi connectivity index (χ4n) is 2.05. The molecule has 0 spiro atoms. The molecule has 0 aromatic carbocycles. The van der Waals surface area contributed by atoms with Crippen LogP contribution in [0.25, 0.3) is 0 Å². The van der Waals surface area contributed by atoms with Crippen LogP contribution in [0.2, 0.25) is 0 Å². The predicted octanol–water partition coefficient (Wildman–Crippen LogP) is -0.0467. The zero-order valence-corrected chi connectivity index (χ0v) is 11.8. The van der Waals surface area contributed by atoms with Crippen molar-refractivity contribution in [3.8, 4) is 0 Å². The first-order valence-corrected chi connectivity index (χ1v) is 8.12. The lowest BCUT2D eigenvalue weighted by Crippen LogP contribution is -2.37. The summed E-state index contributed by atoms with van der Waals surface area (Å²) in [5.74, 6) is 0.326. The maximum atomic E-state index is 11.5. The van der Waals surface area contributed by atoms with Gasteiger partial charge in [-0.3, -0.25) is 0 Å². The zero-order chi connectivity index (χ0) is 12.7. The van der Waals surface area contributed by atoms with Crippen molar-refractivity contribution in [2.24, 2.45) is 0 Å². The standard InChI is InChI=1S/C11H25N3O2S/c1-3-13(4-2)9-6-12-7-10-14-8-5-11-17(14,15)16/h12H,3-11H2,1-2H3. The molecule has 0 amide bonds. The predicted molar refractivity (Wildman–Crippen MR) is 70.6 cm³/mol. The monoisotopic (exact) mass is 263 g/mol. The van der Waals surface area contributed by atoms with E-state index in [1.807, 2.05) is 0 Å². The van der Waals surface area contributed by atoms with Crippen LogP contribution >= 0.6 is 0 Å². The molecule has 5 nitrogen and oxygen atoms in total. The highest BCUT2D eigenvalue weighted by Crippen LogP contribution is 2.11. The molecule has 1 saturated heterocycles. The second-order valence-corrected chi connectivity index (χ2v) is 6.43. The lowest BCUT2D eigenvalue weighted by Gasteiger charge is -2.19. The van der Waals surface area contributed by atoms with E-state index in [1.54, 1.807) is 4.31 Å². The van der Waals surface area contributed by atoms with Gasteiger partial charge in [0.25, 0.3) is 0 Å². The molecule has 17 heavy (non-hydrogen) atoms. The van der Waals surface area contributed by atoms with Crippen molar-refractivity contribution in [3.63, 3.8) is 0 Å². The molecular weight excluding hydrogens is 238 g/mol. The SMILES string of the molecule is CCN(CC)CCNCCN1CCCS1(=O)=O. The summed E-state index contributed by atoms with van der Waals surface area (Å²) in [5.41, 5.74) is 0. The maximum absolute atomic E-state index is 11.5. The number of likely N-dealkylation sites (N-methyl/N-ethyl adjacent to an activating group) is 1. The molecule has 0 bridgehead atoms. The molecule has 0 saturated carbocycles. The molecule has 1 N–H and O–H groups in total. The number of sulfonamides is 1. The van der Waals surface area contributed by atoms with Gasteiger partial charge in [-0.25, -0.2) is 12.7 Å². The van der Waals surface area contributed by atoms with Crippen molar-refractivity contribution in [3.05, 3.63) is 0 Å². The van der Waals surface area contributed by atoms with Gasteiger partial charge in [0.15, 0.2) is 0 Å². The topological polar surface area (TPSA) is 52.6 Å². The highest BCUT2D eigenvalue weighted by atomic mass is 32.2. The zero-order valence-electron chi connectivity index (χ0n) is 11.0. The molecule has 0 aromatic rings. The molecule has 0 aliphatic carbocycles. The van der Waals surface area contributed by atoms with Crippen LogP contribution in [0.3, 0.4) is 0 Å². The van der Waals surface area contributed by atoms with Crippen LogP contribution in [0.15, 0.2) is 0 Å². The average Bonchev–Trinajstić information content (AvgIpc) is 2.63. The number of nitrogens with one attached hydrogen (secondary N) is 1. The summed E-state index contributed by atoms with van der Waals surface area (Å²) < 4.78 is 24.6. The Morgan fingerprint density at radius 1 is 1.24 bits per heavy atom. The van der Waals surface area contributed by atoms with Crippen molar-refractivity contribution in [2.45, 2.75) is 20.3 Å². The molecule has 0 atom stereocenters. The Bertz CT molecular complexity index is 302. The lowest BCUT2D eigenvalue weighted by molar-refractivity contribution is 0.300. The Morgan fingerprint density at radius 3 is 2.47 bits per heavy atom. The molecule has 6 heteroatoms. The Kier molecular flexibility index (Phi) is 6.40. The summed E-state index contributed by atoms with van der Waals surface area (Å²) in [6, 6.07) is 0. The molecule has 1 heterocycles. The van der Waals surface area contributed by atoms with E-state index in [-0.39, 0.29) is 0 Å². The van der Waals surface area contributed by atoms with E-state index < -0.39 is 10.0 Å². The molecule has 1 rings (SSSR count). The van der Waals surface area contributed by atoms with Gasteiger partial charge >= 0.3 is 0 Å². The fraction of sp³-hybridized carbons (Fsp3) is 1.00. The second kappa shape index (κ2) is 7.31. The lowest BCUT2D eigenvalue weighted by atomic mass is 10.4. The minimum atomic E-state index is -2.92. The highest BCUT2D eigenvalue weighted by Gasteiger charge is 2.27. The minimum absolute atomic E-state index is 0.326. The van der Waals surface area contributed by atoms with Gasteiger partial charge in [-0.1, -0.05) is 13.8 Å². The van der Waals surface area contributed by atoms with Crippen LogP contribution in [0.1, 0.15) is 20.3 Å². The quantitative estimate of drug-likeness (QED) is 0.624. The van der Waals surface area contributed by atoms with Crippen molar-refractivity contribution in [2.75, 3.05) is 51.6 Å². The number of hydrogen-bond acceptors (Lipinski definition) is 4. The number of hydrogen-bond donors (Lipinski definition) is 1. The van der Waals surface area contributed by atoms with Gasteiger partial charge in [0.2, 0.25) is 10.0 Å². The third-order valence-corrected chi connectivity index (χ3v) is 5.20. The fourth-order valence-corrected chi connectivity index (χ4v) is 3.58.